The molecule has 0 aliphatic heterocycles. The molecule has 5 heteroatoms. The van der Waals surface area contributed by atoms with Gasteiger partial charge in [0.15, 0.2) is 17.8 Å². The van der Waals surface area contributed by atoms with Crippen molar-refractivity contribution < 1.29 is 14.3 Å². The highest BCUT2D eigenvalue weighted by Gasteiger charge is 2.12. The molecule has 0 N–H and O–H groups in total. The van der Waals surface area contributed by atoms with E-state index in [0.29, 0.717) is 35.0 Å². The van der Waals surface area contributed by atoms with Gasteiger partial charge in [-0.05, 0) is 18.2 Å². The molecule has 2 aromatic carbocycles. The van der Waals surface area contributed by atoms with E-state index >= 15 is 0 Å². The molecule has 0 spiro atoms. The number of carbonyl (C=O) groups excluding carboxylic acids is 1. The van der Waals surface area contributed by atoms with Crippen molar-refractivity contribution in [2.24, 2.45) is 0 Å². The molecule has 0 bridgehead atoms. The number of thioether (sulfide) groups is 1. The average molecular weight is 323 g/mol. The normalized spacial score (nSPS) is 10.2. The number of methoxy groups -OCH3 is 1. The van der Waals surface area contributed by atoms with E-state index in [1.165, 1.54) is 12.0 Å². The Labute approximate surface area is 133 Å². The van der Waals surface area contributed by atoms with Crippen molar-refractivity contribution in [2.75, 3.05) is 19.5 Å². The Bertz CT molecular complexity index is 602. The van der Waals surface area contributed by atoms with E-state index in [9.17, 15) is 4.79 Å². The maximum absolute atomic E-state index is 11.1. The molecule has 0 atom stereocenters. The summed E-state index contributed by atoms with van der Waals surface area (Å²) in [5.41, 5.74) is 0.393. The van der Waals surface area contributed by atoms with E-state index in [2.05, 4.69) is 0 Å². The zero-order valence-corrected chi connectivity index (χ0v) is 13.1. The lowest BCUT2D eigenvalue weighted by Gasteiger charge is -2.13. The molecule has 2 rings (SSSR count). The van der Waals surface area contributed by atoms with Gasteiger partial charge in [0.25, 0.3) is 0 Å². The van der Waals surface area contributed by atoms with E-state index in [1.54, 1.807) is 23.9 Å². The molecule has 0 fully saturated rings. The lowest BCUT2D eigenvalue weighted by Crippen LogP contribution is -2.04. The van der Waals surface area contributed by atoms with Gasteiger partial charge in [0.05, 0.1) is 19.3 Å². The Kier molecular flexibility index (Phi) is 5.96. The van der Waals surface area contributed by atoms with Crippen LogP contribution in [0.4, 0.5) is 0 Å². The number of ether oxygens (including phenoxy) is 2. The molecule has 0 heterocycles. The summed E-state index contributed by atoms with van der Waals surface area (Å²) in [6.07, 6.45) is 0.716. The number of aldehydes is 1. The van der Waals surface area contributed by atoms with Crippen LogP contribution >= 0.6 is 23.4 Å². The number of carbonyl (C=O) groups is 1. The third-order valence-electron chi connectivity index (χ3n) is 2.74. The fourth-order valence-electron chi connectivity index (χ4n) is 1.80. The van der Waals surface area contributed by atoms with Crippen LogP contribution < -0.4 is 9.47 Å². The van der Waals surface area contributed by atoms with Gasteiger partial charge >= 0.3 is 0 Å². The number of benzene rings is 2. The summed E-state index contributed by atoms with van der Waals surface area (Å²) in [5, 5.41) is 0.444. The molecule has 0 saturated heterocycles. The van der Waals surface area contributed by atoms with Gasteiger partial charge in [-0.25, -0.2) is 0 Å². The summed E-state index contributed by atoms with van der Waals surface area (Å²) in [6.45, 7) is 0.471. The second kappa shape index (κ2) is 7.96. The minimum atomic E-state index is 0.393. The first-order valence-electron chi connectivity index (χ1n) is 6.38. The summed E-state index contributed by atoms with van der Waals surface area (Å²) in [7, 11) is 1.52. The van der Waals surface area contributed by atoms with Gasteiger partial charge in [-0.3, -0.25) is 4.79 Å². The molecular formula is C16H15ClO3S. The van der Waals surface area contributed by atoms with Gasteiger partial charge in [0, 0.05) is 21.7 Å². The molecule has 0 amide bonds. The second-order valence-corrected chi connectivity index (χ2v) is 5.76. The lowest BCUT2D eigenvalue weighted by atomic mass is 10.2. The smallest absolute Gasteiger partial charge is 0.171 e. The van der Waals surface area contributed by atoms with Crippen LogP contribution in [0.2, 0.25) is 5.02 Å². The van der Waals surface area contributed by atoms with Crippen LogP contribution in [-0.4, -0.2) is 25.8 Å². The quantitative estimate of drug-likeness (QED) is 0.432. The Morgan fingerprint density at radius 2 is 2.00 bits per heavy atom. The van der Waals surface area contributed by atoms with Crippen molar-refractivity contribution in [1.82, 2.24) is 0 Å². The predicted molar refractivity (Wildman–Crippen MR) is 86.1 cm³/mol. The zero-order valence-electron chi connectivity index (χ0n) is 11.5. The summed E-state index contributed by atoms with van der Waals surface area (Å²) in [4.78, 5) is 12.3. The highest BCUT2D eigenvalue weighted by molar-refractivity contribution is 7.99. The summed E-state index contributed by atoms with van der Waals surface area (Å²) < 4.78 is 10.9. The van der Waals surface area contributed by atoms with Crippen LogP contribution in [0, 0.1) is 0 Å². The van der Waals surface area contributed by atoms with E-state index in [-0.39, 0.29) is 0 Å². The molecule has 0 aliphatic rings. The monoisotopic (exact) mass is 322 g/mol. The molecule has 0 radical (unpaired) electrons. The number of hydrogen-bond donors (Lipinski definition) is 0. The topological polar surface area (TPSA) is 35.5 Å². The van der Waals surface area contributed by atoms with E-state index in [1.807, 2.05) is 30.3 Å². The Hall–Kier alpha value is -1.65. The molecular weight excluding hydrogens is 308 g/mol. The summed E-state index contributed by atoms with van der Waals surface area (Å²) in [5.74, 6) is 1.67. The maximum atomic E-state index is 11.1. The van der Waals surface area contributed by atoms with Gasteiger partial charge < -0.3 is 9.47 Å². The van der Waals surface area contributed by atoms with Crippen molar-refractivity contribution in [3.8, 4) is 11.5 Å². The first-order valence-corrected chi connectivity index (χ1v) is 7.74. The Morgan fingerprint density at radius 3 is 2.67 bits per heavy atom. The van der Waals surface area contributed by atoms with Crippen molar-refractivity contribution in [2.45, 2.75) is 4.90 Å². The molecule has 3 nitrogen and oxygen atoms in total. The van der Waals surface area contributed by atoms with E-state index < -0.39 is 0 Å². The standard InChI is InChI=1S/C16H15ClO3S/c1-19-15-10-13(17)9-12(11-18)16(15)20-7-8-21-14-5-3-2-4-6-14/h2-6,9-11H,7-8H2,1H3. The summed E-state index contributed by atoms with van der Waals surface area (Å²) >= 11 is 7.61. The van der Waals surface area contributed by atoms with Crippen molar-refractivity contribution in [3.05, 3.63) is 53.1 Å². The Balaban J connectivity index is 1.98. The third kappa shape index (κ3) is 4.41. The largest absolute Gasteiger partial charge is 0.493 e. The molecule has 0 aromatic heterocycles. The Morgan fingerprint density at radius 1 is 1.24 bits per heavy atom. The van der Waals surface area contributed by atoms with Crippen molar-refractivity contribution >= 4 is 29.6 Å². The lowest BCUT2D eigenvalue weighted by molar-refractivity contribution is 0.111. The predicted octanol–water partition coefficient (Wildman–Crippen LogP) is 4.33. The van der Waals surface area contributed by atoms with Gasteiger partial charge in [0.2, 0.25) is 0 Å². The minimum Gasteiger partial charge on any atom is -0.493 e. The van der Waals surface area contributed by atoms with Crippen LogP contribution in [0.5, 0.6) is 11.5 Å². The van der Waals surface area contributed by atoms with Crippen LogP contribution in [0.1, 0.15) is 10.4 Å². The van der Waals surface area contributed by atoms with Crippen molar-refractivity contribution in [3.63, 3.8) is 0 Å². The molecule has 2 aromatic rings. The third-order valence-corrected chi connectivity index (χ3v) is 3.93. The van der Waals surface area contributed by atoms with Crippen LogP contribution in [0.3, 0.4) is 0 Å². The first-order chi connectivity index (χ1) is 10.2. The van der Waals surface area contributed by atoms with Gasteiger partial charge in [0.1, 0.15) is 0 Å². The molecule has 0 aliphatic carbocycles. The molecule has 0 saturated carbocycles. The molecule has 0 unspecified atom stereocenters. The highest BCUT2D eigenvalue weighted by Crippen LogP contribution is 2.34. The van der Waals surface area contributed by atoms with E-state index in [4.69, 9.17) is 21.1 Å². The van der Waals surface area contributed by atoms with Crippen LogP contribution in [-0.2, 0) is 0 Å². The number of hydrogen-bond acceptors (Lipinski definition) is 4. The number of halogens is 1. The second-order valence-electron chi connectivity index (χ2n) is 4.15. The fourth-order valence-corrected chi connectivity index (χ4v) is 2.77. The zero-order chi connectivity index (χ0) is 15.1. The molecule has 21 heavy (non-hydrogen) atoms. The first kappa shape index (κ1) is 15.7. The average Bonchev–Trinajstić information content (AvgIpc) is 2.52. The maximum Gasteiger partial charge on any atom is 0.171 e. The van der Waals surface area contributed by atoms with E-state index in [0.717, 1.165) is 5.75 Å². The fraction of sp³-hybridized carbons (Fsp3) is 0.188. The highest BCUT2D eigenvalue weighted by atomic mass is 35.5. The van der Waals surface area contributed by atoms with Gasteiger partial charge in [-0.15, -0.1) is 11.8 Å². The minimum absolute atomic E-state index is 0.393. The van der Waals surface area contributed by atoms with Crippen LogP contribution in [0.15, 0.2) is 47.4 Å². The van der Waals surface area contributed by atoms with Crippen molar-refractivity contribution in [1.29, 1.82) is 0 Å². The van der Waals surface area contributed by atoms with Crippen LogP contribution in [0.25, 0.3) is 0 Å². The van der Waals surface area contributed by atoms with Gasteiger partial charge in [-0.1, -0.05) is 29.8 Å². The summed E-state index contributed by atoms with van der Waals surface area (Å²) in [6, 6.07) is 13.3. The van der Waals surface area contributed by atoms with Gasteiger partial charge in [-0.2, -0.15) is 0 Å². The molecule has 110 valence electrons. The number of rotatable bonds is 7. The SMILES string of the molecule is COc1cc(Cl)cc(C=O)c1OCCSc1ccccc1.